The van der Waals surface area contributed by atoms with Gasteiger partial charge in [0.1, 0.15) is 0 Å². The van der Waals surface area contributed by atoms with E-state index < -0.39 is 0 Å². The summed E-state index contributed by atoms with van der Waals surface area (Å²) >= 11 is 1.60. The Morgan fingerprint density at radius 3 is 2.47 bits per heavy atom. The molecule has 1 rings (SSSR count). The third-order valence-electron chi connectivity index (χ3n) is 2.58. The zero-order chi connectivity index (χ0) is 12.7. The minimum atomic E-state index is 0.0106. The normalized spacial score (nSPS) is 14.0. The summed E-state index contributed by atoms with van der Waals surface area (Å²) in [6, 6.07) is 11.1. The van der Waals surface area contributed by atoms with Crippen molar-refractivity contribution in [3.05, 3.63) is 29.8 Å². The molecule has 1 aromatic carbocycles. The number of nitrogens with zero attached hydrogens (tertiary/aromatic N) is 1. The Hall–Kier alpha value is -0.980. The summed E-state index contributed by atoms with van der Waals surface area (Å²) in [7, 11) is 0. The van der Waals surface area contributed by atoms with E-state index in [1.54, 1.807) is 11.8 Å². The lowest BCUT2D eigenvalue weighted by atomic mass is 10.1. The van der Waals surface area contributed by atoms with Crippen molar-refractivity contribution in [2.24, 2.45) is 0 Å². The van der Waals surface area contributed by atoms with Crippen LogP contribution in [-0.4, -0.2) is 11.8 Å². The lowest BCUT2D eigenvalue weighted by Crippen LogP contribution is -2.19. The molecular formula is C14H20N2S. The topological polar surface area (TPSA) is 35.8 Å². The van der Waals surface area contributed by atoms with Crippen molar-refractivity contribution in [3.63, 3.8) is 0 Å². The molecule has 1 aromatic rings. The number of nitrogens with one attached hydrogen (secondary N) is 1. The van der Waals surface area contributed by atoms with Crippen LogP contribution in [0.4, 0.5) is 0 Å². The zero-order valence-electron chi connectivity index (χ0n) is 10.7. The van der Waals surface area contributed by atoms with Gasteiger partial charge in [-0.2, -0.15) is 5.26 Å². The fraction of sp³-hybridized carbons (Fsp3) is 0.500. The second kappa shape index (κ2) is 7.37. The van der Waals surface area contributed by atoms with Gasteiger partial charge in [0.15, 0.2) is 0 Å². The number of benzene rings is 1. The van der Waals surface area contributed by atoms with E-state index in [1.807, 2.05) is 6.92 Å². The number of nitriles is 1. The fourth-order valence-electron chi connectivity index (χ4n) is 1.54. The van der Waals surface area contributed by atoms with Gasteiger partial charge in [0.2, 0.25) is 0 Å². The summed E-state index contributed by atoms with van der Waals surface area (Å²) in [4.78, 5) is 1.16. The van der Waals surface area contributed by atoms with E-state index in [-0.39, 0.29) is 5.25 Å². The SMILES string of the molecule is CCCNC(C)c1ccc(SC(C)C#N)cc1. The molecule has 0 radical (unpaired) electrons. The molecule has 0 aliphatic rings. The van der Waals surface area contributed by atoms with Crippen molar-refractivity contribution >= 4 is 11.8 Å². The Morgan fingerprint density at radius 1 is 1.29 bits per heavy atom. The second-order valence-electron chi connectivity index (χ2n) is 4.13. The predicted molar refractivity (Wildman–Crippen MR) is 74.1 cm³/mol. The lowest BCUT2D eigenvalue weighted by molar-refractivity contribution is 0.570. The maximum Gasteiger partial charge on any atom is 0.0935 e. The molecule has 0 aromatic heterocycles. The highest BCUT2D eigenvalue weighted by Gasteiger charge is 2.05. The van der Waals surface area contributed by atoms with Gasteiger partial charge in [-0.1, -0.05) is 19.1 Å². The zero-order valence-corrected chi connectivity index (χ0v) is 11.6. The molecule has 2 atom stereocenters. The molecule has 0 spiro atoms. The summed E-state index contributed by atoms with van der Waals surface area (Å²) in [5.74, 6) is 0. The molecule has 0 saturated carbocycles. The molecule has 2 unspecified atom stereocenters. The van der Waals surface area contributed by atoms with Crippen LogP contribution in [0.1, 0.15) is 38.8 Å². The first kappa shape index (κ1) is 14.1. The molecule has 1 N–H and O–H groups in total. The van der Waals surface area contributed by atoms with Crippen molar-refractivity contribution in [2.45, 2.75) is 43.4 Å². The summed E-state index contributed by atoms with van der Waals surface area (Å²) in [5, 5.41) is 12.2. The van der Waals surface area contributed by atoms with Gasteiger partial charge < -0.3 is 5.32 Å². The largest absolute Gasteiger partial charge is 0.310 e. The quantitative estimate of drug-likeness (QED) is 0.779. The van der Waals surface area contributed by atoms with Gasteiger partial charge in [-0.25, -0.2) is 0 Å². The van der Waals surface area contributed by atoms with E-state index >= 15 is 0 Å². The Kier molecular flexibility index (Phi) is 6.10. The molecule has 92 valence electrons. The number of thioether (sulfide) groups is 1. The summed E-state index contributed by atoms with van der Waals surface area (Å²) < 4.78 is 0. The maximum atomic E-state index is 8.76. The van der Waals surface area contributed by atoms with Crippen molar-refractivity contribution in [3.8, 4) is 6.07 Å². The minimum absolute atomic E-state index is 0.0106. The van der Waals surface area contributed by atoms with Gasteiger partial charge in [-0.05, 0) is 44.5 Å². The number of hydrogen-bond acceptors (Lipinski definition) is 3. The van der Waals surface area contributed by atoms with Crippen molar-refractivity contribution in [1.29, 1.82) is 5.26 Å². The first-order chi connectivity index (χ1) is 8.17. The van der Waals surface area contributed by atoms with E-state index in [4.69, 9.17) is 5.26 Å². The van der Waals surface area contributed by atoms with E-state index in [2.05, 4.69) is 49.5 Å². The summed E-state index contributed by atoms with van der Waals surface area (Å²) in [6.45, 7) is 7.31. The van der Waals surface area contributed by atoms with Crippen molar-refractivity contribution in [2.75, 3.05) is 6.54 Å². The number of rotatable bonds is 6. The monoisotopic (exact) mass is 248 g/mol. The Morgan fingerprint density at radius 2 is 1.94 bits per heavy atom. The van der Waals surface area contributed by atoms with Gasteiger partial charge in [0.05, 0.1) is 11.3 Å². The predicted octanol–water partition coefficient (Wildman–Crippen LogP) is 3.75. The van der Waals surface area contributed by atoms with Crippen molar-refractivity contribution in [1.82, 2.24) is 5.32 Å². The molecule has 0 bridgehead atoms. The average Bonchev–Trinajstić information content (AvgIpc) is 2.36. The molecule has 0 fully saturated rings. The van der Waals surface area contributed by atoms with Gasteiger partial charge in [0, 0.05) is 10.9 Å². The molecule has 0 aliphatic heterocycles. The third-order valence-corrected chi connectivity index (χ3v) is 3.58. The van der Waals surface area contributed by atoms with Gasteiger partial charge in [-0.15, -0.1) is 11.8 Å². The first-order valence-corrected chi connectivity index (χ1v) is 6.95. The molecule has 0 heterocycles. The van der Waals surface area contributed by atoms with Crippen LogP contribution in [0.5, 0.6) is 0 Å². The molecule has 2 nitrogen and oxygen atoms in total. The molecule has 0 amide bonds. The summed E-state index contributed by atoms with van der Waals surface area (Å²) in [6.07, 6.45) is 1.15. The third kappa shape index (κ3) is 4.80. The van der Waals surface area contributed by atoms with E-state index in [0.29, 0.717) is 6.04 Å². The Labute approximate surface area is 108 Å². The van der Waals surface area contributed by atoms with Crippen LogP contribution in [0, 0.1) is 11.3 Å². The molecular weight excluding hydrogens is 228 g/mol. The molecule has 0 aliphatic carbocycles. The maximum absolute atomic E-state index is 8.76. The highest BCUT2D eigenvalue weighted by Crippen LogP contribution is 2.24. The van der Waals surface area contributed by atoms with Crippen LogP contribution in [0.3, 0.4) is 0 Å². The van der Waals surface area contributed by atoms with Crippen LogP contribution in [0.2, 0.25) is 0 Å². The lowest BCUT2D eigenvalue weighted by Gasteiger charge is -2.14. The molecule has 0 saturated heterocycles. The van der Waals surface area contributed by atoms with Crippen LogP contribution >= 0.6 is 11.8 Å². The van der Waals surface area contributed by atoms with Crippen molar-refractivity contribution < 1.29 is 0 Å². The molecule has 17 heavy (non-hydrogen) atoms. The smallest absolute Gasteiger partial charge is 0.0935 e. The van der Waals surface area contributed by atoms with Crippen LogP contribution < -0.4 is 5.32 Å². The van der Waals surface area contributed by atoms with Gasteiger partial charge in [-0.3, -0.25) is 0 Å². The first-order valence-electron chi connectivity index (χ1n) is 6.07. The highest BCUT2D eigenvalue weighted by molar-refractivity contribution is 8.00. The standard InChI is InChI=1S/C14H20N2S/c1-4-9-16-12(3)13-5-7-14(8-6-13)17-11(2)10-15/h5-8,11-12,16H,4,9H2,1-3H3. The van der Waals surface area contributed by atoms with Crippen LogP contribution in [0.15, 0.2) is 29.2 Å². The Bertz CT molecular complexity index is 367. The van der Waals surface area contributed by atoms with Gasteiger partial charge >= 0.3 is 0 Å². The van der Waals surface area contributed by atoms with E-state index in [9.17, 15) is 0 Å². The second-order valence-corrected chi connectivity index (χ2v) is 5.55. The van der Waals surface area contributed by atoms with Crippen LogP contribution in [-0.2, 0) is 0 Å². The minimum Gasteiger partial charge on any atom is -0.310 e. The highest BCUT2D eigenvalue weighted by atomic mass is 32.2. The summed E-state index contributed by atoms with van der Waals surface area (Å²) in [5.41, 5.74) is 1.30. The van der Waals surface area contributed by atoms with E-state index in [1.165, 1.54) is 5.56 Å². The van der Waals surface area contributed by atoms with Gasteiger partial charge in [0.25, 0.3) is 0 Å². The van der Waals surface area contributed by atoms with E-state index in [0.717, 1.165) is 17.9 Å². The average molecular weight is 248 g/mol. The van der Waals surface area contributed by atoms with Crippen LogP contribution in [0.25, 0.3) is 0 Å². The molecule has 3 heteroatoms. The fourth-order valence-corrected chi connectivity index (χ4v) is 2.30. The Balaban J connectivity index is 2.58. The number of hydrogen-bond donors (Lipinski definition) is 1.